The van der Waals surface area contributed by atoms with Crippen molar-refractivity contribution in [1.29, 1.82) is 0 Å². The highest BCUT2D eigenvalue weighted by atomic mass is 35.5. The van der Waals surface area contributed by atoms with Gasteiger partial charge in [-0.3, -0.25) is 0 Å². The molecule has 1 aromatic rings. The van der Waals surface area contributed by atoms with Crippen LogP contribution >= 0.6 is 65.7 Å². The Labute approximate surface area is 143 Å². The van der Waals surface area contributed by atoms with E-state index >= 15 is 0 Å². The van der Waals surface area contributed by atoms with Gasteiger partial charge in [-0.25, -0.2) is 13.9 Å². The number of halogens is 5. The van der Waals surface area contributed by atoms with Gasteiger partial charge in [0.25, 0.3) is 0 Å². The molecule has 10 heteroatoms. The molecule has 0 aliphatic rings. The van der Waals surface area contributed by atoms with Crippen molar-refractivity contribution in [3.63, 3.8) is 0 Å². The van der Waals surface area contributed by atoms with Crippen LogP contribution in [0.5, 0.6) is 5.75 Å². The van der Waals surface area contributed by atoms with E-state index in [2.05, 4.69) is 0 Å². The van der Waals surface area contributed by atoms with Crippen LogP contribution in [0.2, 0.25) is 25.1 Å². The van der Waals surface area contributed by atoms with E-state index in [0.717, 1.165) is 0 Å². The zero-order valence-electron chi connectivity index (χ0n) is 11.0. The Hall–Kier alpha value is 0.620. The number of hydrogen-bond donors (Lipinski definition) is 0. The molecular formula is C10H12Cl5N2O2P. The van der Waals surface area contributed by atoms with E-state index in [0.29, 0.717) is 0 Å². The molecule has 0 radical (unpaired) electrons. The van der Waals surface area contributed by atoms with Crippen molar-refractivity contribution in [2.24, 2.45) is 0 Å². The van der Waals surface area contributed by atoms with Gasteiger partial charge in [0.15, 0.2) is 5.75 Å². The van der Waals surface area contributed by atoms with E-state index in [1.807, 2.05) is 0 Å². The first-order valence-electron chi connectivity index (χ1n) is 5.20. The van der Waals surface area contributed by atoms with Crippen LogP contribution in [-0.4, -0.2) is 37.5 Å². The fourth-order valence-electron chi connectivity index (χ4n) is 1.30. The smallest absolute Gasteiger partial charge is 0.394 e. The van der Waals surface area contributed by atoms with Crippen LogP contribution in [0.3, 0.4) is 0 Å². The Bertz CT molecular complexity index is 538. The number of benzene rings is 1. The van der Waals surface area contributed by atoms with Crippen LogP contribution in [0.25, 0.3) is 0 Å². The maximum Gasteiger partial charge on any atom is 0.394 e. The molecule has 0 aromatic heterocycles. The van der Waals surface area contributed by atoms with E-state index in [4.69, 9.17) is 62.5 Å². The molecule has 1 aromatic carbocycles. The predicted molar refractivity (Wildman–Crippen MR) is 87.1 cm³/mol. The molecule has 0 spiro atoms. The molecule has 0 aliphatic heterocycles. The average Bonchev–Trinajstić information content (AvgIpc) is 2.38. The Kier molecular flexibility index (Phi) is 6.35. The van der Waals surface area contributed by atoms with Gasteiger partial charge in [0.1, 0.15) is 10.0 Å². The summed E-state index contributed by atoms with van der Waals surface area (Å²) in [5.74, 6) is -0.0709. The quantitative estimate of drug-likeness (QED) is 0.376. The molecule has 0 bridgehead atoms. The molecule has 4 nitrogen and oxygen atoms in total. The summed E-state index contributed by atoms with van der Waals surface area (Å²) in [6.07, 6.45) is 0. The maximum absolute atomic E-state index is 12.8. The fraction of sp³-hybridized carbons (Fsp3) is 0.400. The van der Waals surface area contributed by atoms with Gasteiger partial charge in [-0.1, -0.05) is 58.0 Å². The van der Waals surface area contributed by atoms with Crippen molar-refractivity contribution in [2.45, 2.75) is 0 Å². The second-order valence-electron chi connectivity index (χ2n) is 4.18. The third-order valence-corrected chi connectivity index (χ3v) is 7.08. The minimum absolute atomic E-state index is 0.0122. The SMILES string of the molecule is CN(C)P(=O)(Oc1c(Cl)c(Cl)c(Cl)c(Cl)c1Cl)N(C)C. The number of nitrogens with zero attached hydrogens (tertiary/aromatic N) is 2. The Morgan fingerprint density at radius 3 is 1.35 bits per heavy atom. The Morgan fingerprint density at radius 1 is 0.750 bits per heavy atom. The molecule has 0 N–H and O–H groups in total. The van der Waals surface area contributed by atoms with Crippen molar-refractivity contribution in [2.75, 3.05) is 28.2 Å². The molecular weight excluding hydrogens is 388 g/mol. The molecule has 0 fully saturated rings. The Balaban J connectivity index is 3.46. The molecule has 0 saturated carbocycles. The molecule has 20 heavy (non-hydrogen) atoms. The van der Waals surface area contributed by atoms with Gasteiger partial charge in [0.2, 0.25) is 0 Å². The van der Waals surface area contributed by atoms with Gasteiger partial charge in [0.05, 0.1) is 15.1 Å². The maximum atomic E-state index is 12.8. The van der Waals surface area contributed by atoms with Gasteiger partial charge in [-0.05, 0) is 28.2 Å². The van der Waals surface area contributed by atoms with Crippen molar-refractivity contribution in [3.8, 4) is 5.75 Å². The van der Waals surface area contributed by atoms with E-state index in [-0.39, 0.29) is 30.9 Å². The lowest BCUT2D eigenvalue weighted by Gasteiger charge is -2.30. The van der Waals surface area contributed by atoms with Gasteiger partial charge < -0.3 is 4.52 Å². The molecule has 0 saturated heterocycles. The first-order chi connectivity index (χ1) is 9.04. The summed E-state index contributed by atoms with van der Waals surface area (Å²) in [7, 11) is 3.04. The summed E-state index contributed by atoms with van der Waals surface area (Å²) in [4.78, 5) is 0. The fourth-order valence-corrected chi connectivity index (χ4v) is 4.07. The largest absolute Gasteiger partial charge is 0.418 e. The monoisotopic (exact) mass is 398 g/mol. The highest BCUT2D eigenvalue weighted by Gasteiger charge is 2.34. The van der Waals surface area contributed by atoms with Gasteiger partial charge in [-0.2, -0.15) is 0 Å². The first kappa shape index (κ1) is 18.7. The van der Waals surface area contributed by atoms with Gasteiger partial charge in [0, 0.05) is 0 Å². The minimum atomic E-state index is -3.36. The molecule has 0 unspecified atom stereocenters. The predicted octanol–water partition coefficient (Wildman–Crippen LogP) is 5.56. The third kappa shape index (κ3) is 3.34. The topological polar surface area (TPSA) is 32.8 Å². The van der Waals surface area contributed by atoms with Crippen LogP contribution in [-0.2, 0) is 4.57 Å². The summed E-state index contributed by atoms with van der Waals surface area (Å²) >= 11 is 29.9. The van der Waals surface area contributed by atoms with Crippen molar-refractivity contribution in [1.82, 2.24) is 9.34 Å². The van der Waals surface area contributed by atoms with Crippen molar-refractivity contribution in [3.05, 3.63) is 25.1 Å². The summed E-state index contributed by atoms with van der Waals surface area (Å²) in [5, 5.41) is -0.103. The van der Waals surface area contributed by atoms with E-state index < -0.39 is 7.67 Å². The zero-order chi connectivity index (χ0) is 15.8. The number of hydrogen-bond acceptors (Lipinski definition) is 2. The van der Waals surface area contributed by atoms with Crippen LogP contribution < -0.4 is 4.52 Å². The second kappa shape index (κ2) is 6.80. The lowest BCUT2D eigenvalue weighted by atomic mass is 10.3. The van der Waals surface area contributed by atoms with E-state index in [1.54, 1.807) is 28.2 Å². The van der Waals surface area contributed by atoms with Crippen LogP contribution in [0.1, 0.15) is 0 Å². The van der Waals surface area contributed by atoms with Crippen molar-refractivity contribution >= 4 is 65.7 Å². The summed E-state index contributed by atoms with van der Waals surface area (Å²) < 4.78 is 21.1. The summed E-state index contributed by atoms with van der Waals surface area (Å²) in [6, 6.07) is 0. The van der Waals surface area contributed by atoms with Gasteiger partial charge in [-0.15, -0.1) is 0 Å². The highest BCUT2D eigenvalue weighted by molar-refractivity contribution is 7.54. The van der Waals surface area contributed by atoms with Crippen LogP contribution in [0, 0.1) is 0 Å². The standard InChI is InChI=1S/C10H12Cl5N2O2P/c1-16(2)20(18,17(3)4)19-10-8(14)6(12)5(11)7(13)9(10)15/h1-4H3. The average molecular weight is 400 g/mol. The first-order valence-corrected chi connectivity index (χ1v) is 8.62. The normalized spacial score (nSPS) is 12.3. The molecule has 114 valence electrons. The minimum Gasteiger partial charge on any atom is -0.418 e. The summed E-state index contributed by atoms with van der Waals surface area (Å²) in [6.45, 7) is 0. The van der Waals surface area contributed by atoms with E-state index in [9.17, 15) is 4.57 Å². The Morgan fingerprint density at radius 2 is 1.05 bits per heavy atom. The zero-order valence-corrected chi connectivity index (χ0v) is 15.7. The van der Waals surface area contributed by atoms with Crippen molar-refractivity contribution < 1.29 is 9.09 Å². The molecule has 1 rings (SSSR count). The molecule has 0 amide bonds. The summed E-state index contributed by atoms with van der Waals surface area (Å²) in [5.41, 5.74) is 0. The molecule has 0 heterocycles. The third-order valence-electron chi connectivity index (χ3n) is 2.39. The molecule has 0 aliphatic carbocycles. The molecule has 0 atom stereocenters. The van der Waals surface area contributed by atoms with Crippen LogP contribution in [0.4, 0.5) is 0 Å². The highest BCUT2D eigenvalue weighted by Crippen LogP contribution is 2.56. The van der Waals surface area contributed by atoms with Gasteiger partial charge >= 0.3 is 7.67 Å². The second-order valence-corrected chi connectivity index (χ2v) is 8.83. The van der Waals surface area contributed by atoms with Crippen LogP contribution in [0.15, 0.2) is 0 Å². The lowest BCUT2D eigenvalue weighted by Crippen LogP contribution is -2.24. The lowest BCUT2D eigenvalue weighted by molar-refractivity contribution is 0.354. The van der Waals surface area contributed by atoms with E-state index in [1.165, 1.54) is 9.34 Å². The number of rotatable bonds is 4.